The van der Waals surface area contributed by atoms with E-state index in [1.807, 2.05) is 4.57 Å². The first kappa shape index (κ1) is 26.5. The number of carboxylic acids is 1. The van der Waals surface area contributed by atoms with Crippen molar-refractivity contribution in [2.45, 2.75) is 24.9 Å². The Morgan fingerprint density at radius 3 is 2.92 bits per heavy atom. The highest BCUT2D eigenvalue weighted by Crippen LogP contribution is 2.40. The zero-order valence-electron chi connectivity index (χ0n) is 20.2. The second kappa shape index (κ2) is 10.6. The first-order valence-corrected chi connectivity index (χ1v) is 13.7. The van der Waals surface area contributed by atoms with Crippen molar-refractivity contribution in [2.75, 3.05) is 18.1 Å². The number of pyridine rings is 1. The lowest BCUT2D eigenvalue weighted by atomic mass is 10.0. The van der Waals surface area contributed by atoms with Crippen LogP contribution in [0.15, 0.2) is 47.1 Å². The molecule has 3 aromatic rings. The van der Waals surface area contributed by atoms with Crippen molar-refractivity contribution in [3.63, 3.8) is 0 Å². The van der Waals surface area contributed by atoms with Gasteiger partial charge in [0.15, 0.2) is 10.8 Å². The first-order chi connectivity index (χ1) is 18.7. The van der Waals surface area contributed by atoms with Crippen LogP contribution >= 0.6 is 34.7 Å². The van der Waals surface area contributed by atoms with E-state index in [0.29, 0.717) is 11.1 Å². The van der Waals surface area contributed by atoms with Crippen LogP contribution in [0.1, 0.15) is 18.2 Å². The number of hydrogen-bond acceptors (Lipinski definition) is 11. The molecule has 0 bridgehead atoms. The number of anilines is 1. The van der Waals surface area contributed by atoms with E-state index in [1.54, 1.807) is 42.0 Å². The van der Waals surface area contributed by atoms with Crippen molar-refractivity contribution < 1.29 is 28.9 Å². The molecule has 2 atom stereocenters. The number of halogens is 1. The van der Waals surface area contributed by atoms with Gasteiger partial charge in [0.05, 0.1) is 17.2 Å². The molecule has 2 amide bonds. The number of aromatic nitrogens is 3. The Kier molecular flexibility index (Phi) is 7.17. The molecule has 2 aliphatic heterocycles. The normalized spacial score (nSPS) is 18.9. The van der Waals surface area contributed by atoms with Crippen LogP contribution in [-0.2, 0) is 25.8 Å². The third kappa shape index (κ3) is 4.78. The zero-order chi connectivity index (χ0) is 27.8. The van der Waals surface area contributed by atoms with Crippen LogP contribution in [0.2, 0.25) is 4.34 Å². The minimum atomic E-state index is -1.49. The van der Waals surface area contributed by atoms with E-state index in [0.717, 1.165) is 21.9 Å². The number of thiazole rings is 1. The number of nitrogen functional groups attached to an aromatic ring is 1. The van der Waals surface area contributed by atoms with E-state index >= 15 is 0 Å². The molecule has 1 fully saturated rings. The van der Waals surface area contributed by atoms with Crippen molar-refractivity contribution in [1.82, 2.24) is 19.6 Å². The molecular weight excluding hydrogens is 568 g/mol. The number of carboxylic acid groups (broad SMARTS) is 1. The van der Waals surface area contributed by atoms with E-state index in [-0.39, 0.29) is 45.5 Å². The van der Waals surface area contributed by atoms with Gasteiger partial charge in [-0.3, -0.25) is 14.5 Å². The number of β-lactam (4-membered cyclic amide) rings is 1. The number of nitriles is 1. The molecule has 0 aromatic carbocycles. The minimum Gasteiger partial charge on any atom is -0.543 e. The van der Waals surface area contributed by atoms with Gasteiger partial charge in [-0.2, -0.15) is 5.26 Å². The Morgan fingerprint density at radius 1 is 1.46 bits per heavy atom. The maximum Gasteiger partial charge on any atom is 0.286 e. The second-order valence-corrected chi connectivity index (χ2v) is 11.1. The van der Waals surface area contributed by atoms with Crippen molar-refractivity contribution in [3.8, 4) is 6.07 Å². The van der Waals surface area contributed by atoms with Crippen molar-refractivity contribution in [1.29, 1.82) is 5.26 Å². The number of nitrogens with one attached hydrogen (secondary N) is 1. The van der Waals surface area contributed by atoms with Crippen LogP contribution < -0.4 is 20.7 Å². The summed E-state index contributed by atoms with van der Waals surface area (Å²) in [4.78, 5) is 48.6. The van der Waals surface area contributed by atoms with Crippen LogP contribution in [-0.4, -0.2) is 61.6 Å². The lowest BCUT2D eigenvalue weighted by Gasteiger charge is -2.50. The Balaban J connectivity index is 1.38. The molecule has 5 heterocycles. The summed E-state index contributed by atoms with van der Waals surface area (Å²) in [5.74, 6) is -2.60. The summed E-state index contributed by atoms with van der Waals surface area (Å²) in [7, 11) is 0. The average molecular weight is 587 g/mol. The molecular formula is C23H19ClN8O5S2. The van der Waals surface area contributed by atoms with Crippen LogP contribution in [0.5, 0.6) is 0 Å². The van der Waals surface area contributed by atoms with E-state index in [2.05, 4.69) is 21.5 Å². The number of rotatable bonds is 8. The number of oxime groups is 1. The van der Waals surface area contributed by atoms with E-state index in [4.69, 9.17) is 27.4 Å². The van der Waals surface area contributed by atoms with Gasteiger partial charge in [-0.05, 0) is 13.0 Å². The molecule has 0 radical (unpaired) electrons. The summed E-state index contributed by atoms with van der Waals surface area (Å²) in [6.45, 7) is 2.02. The monoisotopic (exact) mass is 586 g/mol. The molecule has 1 saturated heterocycles. The van der Waals surface area contributed by atoms with Gasteiger partial charge in [0.1, 0.15) is 59.3 Å². The fraction of sp³-hybridized carbons (Fsp3) is 0.261. The number of carbonyl (C=O) groups excluding carboxylic acids is 3. The van der Waals surface area contributed by atoms with Gasteiger partial charge in [0.2, 0.25) is 0 Å². The number of hydrogen-bond donors (Lipinski definition) is 2. The quantitative estimate of drug-likeness (QED) is 0.154. The van der Waals surface area contributed by atoms with E-state index in [9.17, 15) is 19.5 Å². The predicted octanol–water partition coefficient (Wildman–Crippen LogP) is -0.365. The zero-order valence-corrected chi connectivity index (χ0v) is 22.5. The van der Waals surface area contributed by atoms with Gasteiger partial charge in [-0.1, -0.05) is 28.1 Å². The maximum absolute atomic E-state index is 13.1. The number of fused-ring (bicyclic) bond motifs is 2. The number of nitrogens with zero attached hydrogens (tertiary/aromatic N) is 6. The van der Waals surface area contributed by atoms with E-state index < -0.39 is 29.2 Å². The molecule has 16 heteroatoms. The summed E-state index contributed by atoms with van der Waals surface area (Å²) < 4.78 is 3.69. The molecule has 5 rings (SSSR count). The molecule has 39 heavy (non-hydrogen) atoms. The van der Waals surface area contributed by atoms with Gasteiger partial charge >= 0.3 is 0 Å². The van der Waals surface area contributed by atoms with Crippen molar-refractivity contribution in [3.05, 3.63) is 57.6 Å². The van der Waals surface area contributed by atoms with Crippen LogP contribution in [0.3, 0.4) is 0 Å². The predicted molar refractivity (Wildman–Crippen MR) is 139 cm³/mol. The first-order valence-electron chi connectivity index (χ1n) is 11.4. The third-order valence-corrected chi connectivity index (χ3v) is 8.42. The summed E-state index contributed by atoms with van der Waals surface area (Å²) >= 11 is 8.41. The number of imidazole rings is 1. The number of amides is 2. The third-order valence-electron chi connectivity index (χ3n) is 6.00. The Bertz CT molecular complexity index is 1620. The molecule has 0 unspecified atom stereocenters. The SMILES string of the molecule is CCO/N=C(\C(=O)N[C@@H]1C(=O)N2C(C(=O)[O-])=C(C[n+]3ccn4cc(C#N)ccc43)CS[C@H]12)c1nc(N)sc1Cl. The smallest absolute Gasteiger partial charge is 0.286 e. The van der Waals surface area contributed by atoms with Gasteiger partial charge in [-0.25, -0.2) is 14.0 Å². The Hall–Kier alpha value is -4.13. The minimum absolute atomic E-state index is 0.0151. The van der Waals surface area contributed by atoms with Crippen LogP contribution in [0.4, 0.5) is 5.13 Å². The molecule has 3 N–H and O–H groups in total. The van der Waals surface area contributed by atoms with Crippen LogP contribution in [0, 0.1) is 11.3 Å². The maximum atomic E-state index is 13.1. The van der Waals surface area contributed by atoms with Gasteiger partial charge < -0.3 is 25.8 Å². The fourth-order valence-corrected chi connectivity index (χ4v) is 6.56. The van der Waals surface area contributed by atoms with Gasteiger partial charge in [0.25, 0.3) is 17.5 Å². The summed E-state index contributed by atoms with van der Waals surface area (Å²) in [5.41, 5.74) is 6.90. The highest BCUT2D eigenvalue weighted by atomic mass is 35.5. The standard InChI is InChI=1S/C23H19ClN8O5S2/c1-2-37-29-15(14-18(24)39-23(26)28-14)19(33)27-16-20(34)32-17(22(35)36)12(10-38-21(16)32)9-31-6-5-30-8-11(7-25)3-4-13(30)31/h3-6,8,16,21H,2,9-10H2,1H3,(H3-,26,27,28,33,35,36)/b29-15-/t16-,21-/m1/s1. The Labute approximate surface area is 234 Å². The summed E-state index contributed by atoms with van der Waals surface area (Å²) in [5, 5.41) is 27.1. The number of carbonyl (C=O) groups is 3. The fourth-order valence-electron chi connectivity index (χ4n) is 4.29. The summed E-state index contributed by atoms with van der Waals surface area (Å²) in [6, 6.07) is 4.46. The highest BCUT2D eigenvalue weighted by Gasteiger charge is 2.53. The molecule has 200 valence electrons. The molecule has 0 aliphatic carbocycles. The molecule has 2 aliphatic rings. The largest absolute Gasteiger partial charge is 0.543 e. The number of thioether (sulfide) groups is 1. The van der Waals surface area contributed by atoms with Crippen LogP contribution in [0.25, 0.3) is 5.65 Å². The molecule has 13 nitrogen and oxygen atoms in total. The van der Waals surface area contributed by atoms with Crippen molar-refractivity contribution in [2.24, 2.45) is 5.16 Å². The van der Waals surface area contributed by atoms with Gasteiger partial charge in [0, 0.05) is 17.4 Å². The van der Waals surface area contributed by atoms with Gasteiger partial charge in [-0.15, -0.1) is 11.8 Å². The Morgan fingerprint density at radius 2 is 2.26 bits per heavy atom. The van der Waals surface area contributed by atoms with E-state index in [1.165, 1.54) is 11.8 Å². The molecule has 3 aromatic heterocycles. The number of aliphatic carboxylic acids is 1. The number of nitrogens with two attached hydrogens (primary N) is 1. The lowest BCUT2D eigenvalue weighted by molar-refractivity contribution is -0.662. The topological polar surface area (TPSA) is 182 Å². The van der Waals surface area contributed by atoms with Crippen molar-refractivity contribution >= 4 is 69.0 Å². The summed E-state index contributed by atoms with van der Waals surface area (Å²) in [6.07, 6.45) is 5.16. The molecule has 0 spiro atoms. The average Bonchev–Trinajstić information content (AvgIpc) is 3.47. The lowest BCUT2D eigenvalue weighted by Crippen LogP contribution is -2.71. The second-order valence-electron chi connectivity index (χ2n) is 8.35. The highest BCUT2D eigenvalue weighted by molar-refractivity contribution is 8.00. The molecule has 0 saturated carbocycles.